The molecule has 0 unspecified atom stereocenters. The number of methoxy groups -OCH3 is 1. The Bertz CT molecular complexity index is 1010. The highest BCUT2D eigenvalue weighted by molar-refractivity contribution is 5.89. The third-order valence-corrected chi connectivity index (χ3v) is 3.87. The maximum absolute atomic E-state index is 14.3. The van der Waals surface area contributed by atoms with Crippen molar-refractivity contribution in [1.29, 1.82) is 0 Å². The van der Waals surface area contributed by atoms with E-state index in [2.05, 4.69) is 20.4 Å². The molecule has 0 bridgehead atoms. The molecule has 0 radical (unpaired) electrons. The lowest BCUT2D eigenvalue weighted by Gasteiger charge is -2.06. The van der Waals surface area contributed by atoms with E-state index in [1.54, 1.807) is 29.3 Å². The van der Waals surface area contributed by atoms with Gasteiger partial charge in [0.15, 0.2) is 11.6 Å². The number of ether oxygens (including phenoxy) is 1. The average Bonchev–Trinajstić information content (AvgIpc) is 3.15. The van der Waals surface area contributed by atoms with Crippen molar-refractivity contribution < 1.29 is 19.0 Å². The van der Waals surface area contributed by atoms with Crippen molar-refractivity contribution in [1.82, 2.24) is 19.7 Å². The molecule has 0 saturated heterocycles. The molecule has 1 aromatic carbocycles. The summed E-state index contributed by atoms with van der Waals surface area (Å²) < 4.78 is 21.0. The normalized spacial score (nSPS) is 11.0. The summed E-state index contributed by atoms with van der Waals surface area (Å²) in [6, 6.07) is 2.37. The smallest absolute Gasteiger partial charge is 0.335 e. The lowest BCUT2D eigenvalue weighted by molar-refractivity contribution is 0.0696. The maximum Gasteiger partial charge on any atom is 0.335 e. The number of aromatic carboxylic acids is 1. The summed E-state index contributed by atoms with van der Waals surface area (Å²) in [5, 5.41) is 16.3. The number of anilines is 2. The SMILES string of the molecule is CCn1cc(Nc2ncc(C=Cc3cc(C(=O)O)cc(OC)c3F)cn2)cn1. The van der Waals surface area contributed by atoms with Gasteiger partial charge in [0.1, 0.15) is 0 Å². The van der Waals surface area contributed by atoms with Crippen molar-refractivity contribution >= 4 is 29.8 Å². The van der Waals surface area contributed by atoms with E-state index in [1.807, 2.05) is 13.1 Å². The van der Waals surface area contributed by atoms with Crippen LogP contribution in [0.25, 0.3) is 12.2 Å². The monoisotopic (exact) mass is 383 g/mol. The molecule has 0 fully saturated rings. The molecule has 0 aliphatic rings. The van der Waals surface area contributed by atoms with E-state index >= 15 is 0 Å². The number of carboxylic acids is 1. The Morgan fingerprint density at radius 2 is 2.04 bits per heavy atom. The summed E-state index contributed by atoms with van der Waals surface area (Å²) in [4.78, 5) is 19.6. The van der Waals surface area contributed by atoms with E-state index in [9.17, 15) is 9.18 Å². The second-order valence-electron chi connectivity index (χ2n) is 5.77. The van der Waals surface area contributed by atoms with Crippen LogP contribution in [0, 0.1) is 5.82 Å². The average molecular weight is 383 g/mol. The number of benzene rings is 1. The summed E-state index contributed by atoms with van der Waals surface area (Å²) >= 11 is 0. The Kier molecular flexibility index (Phi) is 5.64. The molecular formula is C19H18FN5O3. The largest absolute Gasteiger partial charge is 0.494 e. The number of nitrogens with zero attached hydrogens (tertiary/aromatic N) is 4. The summed E-state index contributed by atoms with van der Waals surface area (Å²) in [5.74, 6) is -1.55. The fourth-order valence-electron chi connectivity index (χ4n) is 2.42. The lowest BCUT2D eigenvalue weighted by atomic mass is 10.1. The summed E-state index contributed by atoms with van der Waals surface area (Å²) in [6.45, 7) is 2.75. The van der Waals surface area contributed by atoms with Gasteiger partial charge in [-0.15, -0.1) is 0 Å². The number of nitrogens with one attached hydrogen (secondary N) is 1. The van der Waals surface area contributed by atoms with Gasteiger partial charge < -0.3 is 15.2 Å². The molecular weight excluding hydrogens is 365 g/mol. The predicted octanol–water partition coefficient (Wildman–Crippen LogP) is 3.45. The fraction of sp³-hybridized carbons (Fsp3) is 0.158. The first-order valence-electron chi connectivity index (χ1n) is 8.40. The molecule has 28 heavy (non-hydrogen) atoms. The van der Waals surface area contributed by atoms with Gasteiger partial charge in [0, 0.05) is 36.3 Å². The predicted molar refractivity (Wildman–Crippen MR) is 102 cm³/mol. The summed E-state index contributed by atoms with van der Waals surface area (Å²) in [6.07, 6.45) is 9.66. The van der Waals surface area contributed by atoms with Crippen molar-refractivity contribution in [2.45, 2.75) is 13.5 Å². The van der Waals surface area contributed by atoms with Crippen molar-refractivity contribution in [2.75, 3.05) is 12.4 Å². The van der Waals surface area contributed by atoms with Gasteiger partial charge in [0.25, 0.3) is 0 Å². The molecule has 3 rings (SSSR count). The third-order valence-electron chi connectivity index (χ3n) is 3.87. The second-order valence-corrected chi connectivity index (χ2v) is 5.77. The van der Waals surface area contributed by atoms with Gasteiger partial charge in [-0.2, -0.15) is 5.10 Å². The van der Waals surface area contributed by atoms with Gasteiger partial charge in [-0.3, -0.25) is 4.68 Å². The Morgan fingerprint density at radius 1 is 1.29 bits per heavy atom. The number of carbonyl (C=O) groups is 1. The number of rotatable bonds is 7. The van der Waals surface area contributed by atoms with Crippen LogP contribution in [0.2, 0.25) is 0 Å². The van der Waals surface area contributed by atoms with E-state index in [0.717, 1.165) is 18.3 Å². The van der Waals surface area contributed by atoms with Crippen LogP contribution in [-0.4, -0.2) is 37.9 Å². The van der Waals surface area contributed by atoms with Crippen LogP contribution in [-0.2, 0) is 6.54 Å². The third kappa shape index (κ3) is 4.32. The van der Waals surface area contributed by atoms with Crippen LogP contribution in [0.5, 0.6) is 5.75 Å². The molecule has 0 amide bonds. The minimum atomic E-state index is -1.17. The lowest BCUT2D eigenvalue weighted by Crippen LogP contribution is -2.00. The van der Waals surface area contributed by atoms with Crippen LogP contribution in [0.3, 0.4) is 0 Å². The van der Waals surface area contributed by atoms with Gasteiger partial charge in [-0.1, -0.05) is 12.2 Å². The highest BCUT2D eigenvalue weighted by atomic mass is 19.1. The van der Waals surface area contributed by atoms with E-state index < -0.39 is 11.8 Å². The zero-order valence-electron chi connectivity index (χ0n) is 15.3. The Balaban J connectivity index is 1.77. The van der Waals surface area contributed by atoms with Crippen molar-refractivity contribution in [3.05, 3.63) is 59.4 Å². The number of aryl methyl sites for hydroxylation is 1. The van der Waals surface area contributed by atoms with Crippen LogP contribution in [0.1, 0.15) is 28.4 Å². The molecule has 0 aliphatic heterocycles. The highest BCUT2D eigenvalue weighted by Crippen LogP contribution is 2.25. The van der Waals surface area contributed by atoms with Crippen molar-refractivity contribution in [3.63, 3.8) is 0 Å². The fourth-order valence-corrected chi connectivity index (χ4v) is 2.42. The number of hydrogen-bond donors (Lipinski definition) is 2. The molecule has 2 heterocycles. The van der Waals surface area contributed by atoms with Crippen LogP contribution in [0.4, 0.5) is 16.0 Å². The maximum atomic E-state index is 14.3. The quantitative estimate of drug-likeness (QED) is 0.644. The first-order chi connectivity index (χ1) is 13.5. The minimum absolute atomic E-state index is 0.0682. The molecule has 3 aromatic rings. The molecule has 0 atom stereocenters. The topological polar surface area (TPSA) is 102 Å². The van der Waals surface area contributed by atoms with Crippen LogP contribution < -0.4 is 10.1 Å². The van der Waals surface area contributed by atoms with Gasteiger partial charge >= 0.3 is 5.97 Å². The number of halogens is 1. The molecule has 9 heteroatoms. The first-order valence-corrected chi connectivity index (χ1v) is 8.40. The highest BCUT2D eigenvalue weighted by Gasteiger charge is 2.13. The number of aromatic nitrogens is 4. The minimum Gasteiger partial charge on any atom is -0.494 e. The Labute approximate surface area is 160 Å². The zero-order chi connectivity index (χ0) is 20.1. The van der Waals surface area contributed by atoms with Crippen molar-refractivity contribution in [2.24, 2.45) is 0 Å². The van der Waals surface area contributed by atoms with Crippen LogP contribution >= 0.6 is 0 Å². The molecule has 0 spiro atoms. The Hall–Kier alpha value is -3.75. The zero-order valence-corrected chi connectivity index (χ0v) is 15.3. The molecule has 0 saturated carbocycles. The van der Waals surface area contributed by atoms with Crippen molar-refractivity contribution in [3.8, 4) is 5.75 Å². The number of hydrogen-bond acceptors (Lipinski definition) is 6. The molecule has 2 aromatic heterocycles. The standard InChI is InChI=1S/C19H18FN5O3/c1-3-25-11-15(10-23-25)24-19-21-8-12(9-22-19)4-5-13-6-14(18(26)27)7-16(28-2)17(13)20/h4-11H,3H2,1-2H3,(H,26,27)(H,21,22,24). The van der Waals surface area contributed by atoms with Gasteiger partial charge in [0.05, 0.1) is 24.6 Å². The van der Waals surface area contributed by atoms with Crippen LogP contribution in [0.15, 0.2) is 36.9 Å². The summed E-state index contributed by atoms with van der Waals surface area (Å²) in [7, 11) is 1.28. The molecule has 0 aliphatic carbocycles. The summed E-state index contributed by atoms with van der Waals surface area (Å²) in [5.41, 5.74) is 1.41. The van der Waals surface area contributed by atoms with Gasteiger partial charge in [-0.05, 0) is 19.1 Å². The van der Waals surface area contributed by atoms with Gasteiger partial charge in [-0.25, -0.2) is 19.2 Å². The van der Waals surface area contributed by atoms with E-state index in [-0.39, 0.29) is 16.9 Å². The second kappa shape index (κ2) is 8.30. The molecule has 144 valence electrons. The number of carboxylic acid groups (broad SMARTS) is 1. The van der Waals surface area contributed by atoms with Gasteiger partial charge in [0.2, 0.25) is 5.95 Å². The van der Waals surface area contributed by atoms with E-state index in [0.29, 0.717) is 11.5 Å². The molecule has 8 nitrogen and oxygen atoms in total. The first kappa shape index (κ1) is 19.0. The van der Waals surface area contributed by atoms with E-state index in [1.165, 1.54) is 19.3 Å². The Morgan fingerprint density at radius 3 is 2.64 bits per heavy atom. The molecule has 2 N–H and O–H groups in total. The van der Waals surface area contributed by atoms with E-state index in [4.69, 9.17) is 9.84 Å².